The Morgan fingerprint density at radius 2 is 1.67 bits per heavy atom. The Morgan fingerprint density at radius 1 is 1.05 bits per heavy atom. The molecule has 21 heavy (non-hydrogen) atoms. The highest BCUT2D eigenvalue weighted by molar-refractivity contribution is 5.83. The van der Waals surface area contributed by atoms with Crippen LogP contribution in [-0.4, -0.2) is 5.91 Å². The zero-order chi connectivity index (χ0) is 15.2. The smallest absolute Gasteiger partial charge is 0.241 e. The fraction of sp³-hybridized carbons (Fsp3) is 0.278. The summed E-state index contributed by atoms with van der Waals surface area (Å²) in [7, 11) is 0. The van der Waals surface area contributed by atoms with Crippen molar-refractivity contribution in [2.75, 3.05) is 0 Å². The average molecular weight is 282 g/mol. The van der Waals surface area contributed by atoms with Crippen LogP contribution in [0.3, 0.4) is 0 Å². The number of aryl methyl sites for hydroxylation is 1. The van der Waals surface area contributed by atoms with Crippen molar-refractivity contribution in [3.63, 3.8) is 0 Å². The molecule has 0 heterocycles. The van der Waals surface area contributed by atoms with Crippen LogP contribution in [0.25, 0.3) is 0 Å². The normalized spacial score (nSPS) is 13.5. The van der Waals surface area contributed by atoms with E-state index in [0.717, 1.165) is 17.5 Å². The minimum atomic E-state index is -0.634. The van der Waals surface area contributed by atoms with Crippen molar-refractivity contribution in [3.05, 3.63) is 71.3 Å². The molecule has 0 aromatic heterocycles. The number of nitrogens with two attached hydrogens (primary N) is 1. The molecule has 2 aromatic rings. The van der Waals surface area contributed by atoms with Crippen molar-refractivity contribution in [2.24, 2.45) is 5.73 Å². The van der Waals surface area contributed by atoms with Gasteiger partial charge in [0.1, 0.15) is 6.04 Å². The predicted octanol–water partition coefficient (Wildman–Crippen LogP) is 3.26. The van der Waals surface area contributed by atoms with Crippen molar-refractivity contribution < 1.29 is 4.79 Å². The van der Waals surface area contributed by atoms with Gasteiger partial charge in [-0.1, -0.05) is 67.1 Å². The second-order valence-corrected chi connectivity index (χ2v) is 5.27. The maximum absolute atomic E-state index is 12.3. The van der Waals surface area contributed by atoms with Gasteiger partial charge in [0.15, 0.2) is 0 Å². The van der Waals surface area contributed by atoms with E-state index in [1.807, 2.05) is 30.3 Å². The fourth-order valence-electron chi connectivity index (χ4n) is 2.29. The lowest BCUT2D eigenvalue weighted by Gasteiger charge is -2.20. The Kier molecular flexibility index (Phi) is 5.12. The van der Waals surface area contributed by atoms with Crippen molar-refractivity contribution in [1.29, 1.82) is 0 Å². The van der Waals surface area contributed by atoms with Gasteiger partial charge in [-0.05, 0) is 24.5 Å². The zero-order valence-electron chi connectivity index (χ0n) is 12.5. The van der Waals surface area contributed by atoms with Crippen LogP contribution in [0.5, 0.6) is 0 Å². The van der Waals surface area contributed by atoms with Gasteiger partial charge < -0.3 is 11.1 Å². The van der Waals surface area contributed by atoms with Crippen LogP contribution >= 0.6 is 0 Å². The number of hydrogen-bond donors (Lipinski definition) is 2. The first-order valence-corrected chi connectivity index (χ1v) is 7.29. The number of carbonyl (C=O) groups is 1. The lowest BCUT2D eigenvalue weighted by Crippen LogP contribution is -2.36. The molecule has 3 heteroatoms. The van der Waals surface area contributed by atoms with Gasteiger partial charge in [-0.25, -0.2) is 0 Å². The van der Waals surface area contributed by atoms with E-state index in [0.29, 0.717) is 0 Å². The molecule has 0 bridgehead atoms. The van der Waals surface area contributed by atoms with Crippen LogP contribution in [0, 0.1) is 6.92 Å². The molecule has 1 amide bonds. The standard InChI is InChI=1S/C18H22N2O/c1-3-16(14-11-9-13(2)10-12-14)20-18(21)17(19)15-7-5-4-6-8-15/h4-12,16-17H,3,19H2,1-2H3,(H,20,21)/t16?,17-/m0/s1. The maximum atomic E-state index is 12.3. The Morgan fingerprint density at radius 3 is 2.24 bits per heavy atom. The molecule has 1 unspecified atom stereocenters. The molecule has 0 saturated carbocycles. The van der Waals surface area contributed by atoms with Gasteiger partial charge in [0, 0.05) is 0 Å². The average Bonchev–Trinajstić information content (AvgIpc) is 2.53. The Labute approximate surface area is 126 Å². The molecule has 0 aliphatic carbocycles. The molecule has 0 aliphatic rings. The van der Waals surface area contributed by atoms with Crippen LogP contribution in [0.4, 0.5) is 0 Å². The SMILES string of the molecule is CCC(NC(=O)[C@@H](N)c1ccccc1)c1ccc(C)cc1. The summed E-state index contributed by atoms with van der Waals surface area (Å²) in [6.07, 6.45) is 0.830. The summed E-state index contributed by atoms with van der Waals surface area (Å²) in [6.45, 7) is 4.10. The molecule has 3 N–H and O–H groups in total. The second kappa shape index (κ2) is 7.04. The highest BCUT2D eigenvalue weighted by atomic mass is 16.2. The van der Waals surface area contributed by atoms with Gasteiger partial charge in [0.05, 0.1) is 6.04 Å². The number of rotatable bonds is 5. The van der Waals surface area contributed by atoms with Crippen molar-refractivity contribution in [2.45, 2.75) is 32.4 Å². The molecule has 0 fully saturated rings. The molecule has 0 spiro atoms. The maximum Gasteiger partial charge on any atom is 0.241 e. The molecule has 0 saturated heterocycles. The van der Waals surface area contributed by atoms with Gasteiger partial charge in [0.25, 0.3) is 0 Å². The summed E-state index contributed by atoms with van der Waals surface area (Å²) in [5.41, 5.74) is 9.18. The molecule has 110 valence electrons. The molecule has 0 aliphatic heterocycles. The van der Waals surface area contributed by atoms with Crippen LogP contribution in [0.2, 0.25) is 0 Å². The molecule has 0 radical (unpaired) electrons. The van der Waals surface area contributed by atoms with Crippen molar-refractivity contribution >= 4 is 5.91 Å². The van der Waals surface area contributed by atoms with Gasteiger partial charge in [-0.3, -0.25) is 4.79 Å². The quantitative estimate of drug-likeness (QED) is 0.884. The number of hydrogen-bond acceptors (Lipinski definition) is 2. The summed E-state index contributed by atoms with van der Waals surface area (Å²) >= 11 is 0. The highest BCUT2D eigenvalue weighted by Crippen LogP contribution is 2.19. The minimum absolute atomic E-state index is 0.00661. The van der Waals surface area contributed by atoms with Crippen LogP contribution < -0.4 is 11.1 Å². The molecule has 2 aromatic carbocycles. The minimum Gasteiger partial charge on any atom is -0.348 e. The lowest BCUT2D eigenvalue weighted by molar-refractivity contribution is -0.123. The van der Waals surface area contributed by atoms with Gasteiger partial charge in [0.2, 0.25) is 5.91 Å². The van der Waals surface area contributed by atoms with Crippen molar-refractivity contribution in [3.8, 4) is 0 Å². The summed E-state index contributed by atoms with van der Waals surface area (Å²) < 4.78 is 0. The Balaban J connectivity index is 2.08. The van der Waals surface area contributed by atoms with E-state index < -0.39 is 6.04 Å². The predicted molar refractivity (Wildman–Crippen MR) is 85.7 cm³/mol. The van der Waals surface area contributed by atoms with E-state index in [9.17, 15) is 4.79 Å². The van der Waals surface area contributed by atoms with Gasteiger partial charge in [-0.15, -0.1) is 0 Å². The number of carbonyl (C=O) groups excluding carboxylic acids is 1. The van der Waals surface area contributed by atoms with Crippen LogP contribution in [-0.2, 0) is 4.79 Å². The monoisotopic (exact) mass is 282 g/mol. The first-order chi connectivity index (χ1) is 10.1. The van der Waals surface area contributed by atoms with Crippen molar-refractivity contribution in [1.82, 2.24) is 5.32 Å². The fourth-order valence-corrected chi connectivity index (χ4v) is 2.29. The molecule has 2 atom stereocenters. The van der Waals surface area contributed by atoms with E-state index in [1.165, 1.54) is 5.56 Å². The van der Waals surface area contributed by atoms with E-state index >= 15 is 0 Å². The number of amides is 1. The molecule has 3 nitrogen and oxygen atoms in total. The van der Waals surface area contributed by atoms with E-state index in [2.05, 4.69) is 43.4 Å². The van der Waals surface area contributed by atoms with E-state index in [4.69, 9.17) is 5.73 Å². The van der Waals surface area contributed by atoms with E-state index in [-0.39, 0.29) is 11.9 Å². The Bertz CT molecular complexity index is 578. The molecular weight excluding hydrogens is 260 g/mol. The third kappa shape index (κ3) is 3.92. The first kappa shape index (κ1) is 15.3. The van der Waals surface area contributed by atoms with Gasteiger partial charge >= 0.3 is 0 Å². The zero-order valence-corrected chi connectivity index (χ0v) is 12.5. The second-order valence-electron chi connectivity index (χ2n) is 5.27. The van der Waals surface area contributed by atoms with Gasteiger partial charge in [-0.2, -0.15) is 0 Å². The molecule has 2 rings (SSSR count). The third-order valence-corrected chi connectivity index (χ3v) is 3.65. The van der Waals surface area contributed by atoms with Crippen LogP contribution in [0.1, 0.15) is 42.1 Å². The molecular formula is C18H22N2O. The topological polar surface area (TPSA) is 55.1 Å². The highest BCUT2D eigenvalue weighted by Gasteiger charge is 2.19. The number of nitrogens with one attached hydrogen (secondary N) is 1. The van der Waals surface area contributed by atoms with Crippen LogP contribution in [0.15, 0.2) is 54.6 Å². The Hall–Kier alpha value is -2.13. The lowest BCUT2D eigenvalue weighted by atomic mass is 10.0. The summed E-state index contributed by atoms with van der Waals surface area (Å²) in [4.78, 5) is 12.3. The third-order valence-electron chi connectivity index (χ3n) is 3.65. The van der Waals surface area contributed by atoms with E-state index in [1.54, 1.807) is 0 Å². The summed E-state index contributed by atoms with van der Waals surface area (Å²) in [6, 6.07) is 17.0. The first-order valence-electron chi connectivity index (χ1n) is 7.29. The summed E-state index contributed by atoms with van der Waals surface area (Å²) in [5, 5.41) is 3.04. The summed E-state index contributed by atoms with van der Waals surface area (Å²) in [5.74, 6) is -0.145. The largest absolute Gasteiger partial charge is 0.348 e. The number of benzene rings is 2.